The Morgan fingerprint density at radius 3 is 2.92 bits per heavy atom. The fraction of sp³-hybridized carbons (Fsp3) is 0.333. The van der Waals surface area contributed by atoms with Crippen LogP contribution in [0.3, 0.4) is 0 Å². The first-order chi connectivity index (χ1) is 11.9. The number of nitro benzene ring substituents is 1. The summed E-state index contributed by atoms with van der Waals surface area (Å²) in [5.74, 6) is 0.863. The number of ketones is 1. The second-order valence-electron chi connectivity index (χ2n) is 7.15. The van der Waals surface area contributed by atoms with E-state index >= 15 is 0 Å². The normalized spacial score (nSPS) is 21.4. The Morgan fingerprint density at radius 1 is 1.36 bits per heavy atom. The average Bonchev–Trinajstić information content (AvgIpc) is 3.05. The number of nitro groups is 1. The standard InChI is InChI=1S/C18H18N4O3/c1-18(2)8-6-13-15(17(18)23)16(21-14(20-13)7-9-19-21)11-4-3-5-12(10-11)22(24)25/h3-5,7,9-10,16,20H,6,8H2,1-2H3. The minimum atomic E-state index is -0.454. The molecular formula is C18H18N4O3. The molecule has 1 aromatic carbocycles. The molecule has 7 heteroatoms. The fourth-order valence-electron chi connectivity index (χ4n) is 3.62. The lowest BCUT2D eigenvalue weighted by Gasteiger charge is -2.38. The summed E-state index contributed by atoms with van der Waals surface area (Å²) in [5.41, 5.74) is 1.81. The first kappa shape index (κ1) is 15.6. The number of nitrogens with one attached hydrogen (secondary N) is 1. The molecule has 4 rings (SSSR count). The van der Waals surface area contributed by atoms with Gasteiger partial charge in [0.05, 0.1) is 11.1 Å². The highest BCUT2D eigenvalue weighted by Crippen LogP contribution is 2.45. The molecule has 128 valence electrons. The van der Waals surface area contributed by atoms with E-state index < -0.39 is 16.4 Å². The van der Waals surface area contributed by atoms with Crippen molar-refractivity contribution in [3.05, 3.63) is 63.5 Å². The summed E-state index contributed by atoms with van der Waals surface area (Å²) in [7, 11) is 0. The van der Waals surface area contributed by atoms with Gasteiger partial charge in [0.1, 0.15) is 11.9 Å². The fourth-order valence-corrected chi connectivity index (χ4v) is 3.62. The Labute approximate surface area is 144 Å². The number of hydrogen-bond donors (Lipinski definition) is 1. The number of rotatable bonds is 2. The SMILES string of the molecule is CC1(C)CCC2=C(C1=O)C(c1cccc([N+](=O)[O-])c1)n1nccc1N2. The van der Waals surface area contributed by atoms with Crippen LogP contribution in [-0.4, -0.2) is 20.5 Å². The highest BCUT2D eigenvalue weighted by molar-refractivity contribution is 6.03. The van der Waals surface area contributed by atoms with Gasteiger partial charge in [-0.05, 0) is 18.4 Å². The number of aromatic nitrogens is 2. The Bertz CT molecular complexity index is 926. The van der Waals surface area contributed by atoms with Crippen molar-refractivity contribution in [3.8, 4) is 0 Å². The first-order valence-corrected chi connectivity index (χ1v) is 8.21. The molecule has 0 spiro atoms. The molecule has 0 bridgehead atoms. The van der Waals surface area contributed by atoms with Gasteiger partial charge < -0.3 is 5.32 Å². The smallest absolute Gasteiger partial charge is 0.269 e. The van der Waals surface area contributed by atoms with Crippen LogP contribution in [0.4, 0.5) is 11.5 Å². The number of nitrogens with zero attached hydrogens (tertiary/aromatic N) is 3. The molecule has 2 aliphatic rings. The van der Waals surface area contributed by atoms with Crippen LogP contribution in [0.5, 0.6) is 0 Å². The van der Waals surface area contributed by atoms with E-state index in [-0.39, 0.29) is 11.5 Å². The zero-order valence-electron chi connectivity index (χ0n) is 14.0. The molecule has 1 aromatic heterocycles. The molecule has 0 amide bonds. The van der Waals surface area contributed by atoms with Gasteiger partial charge in [0, 0.05) is 34.9 Å². The van der Waals surface area contributed by atoms with Crippen LogP contribution in [0.15, 0.2) is 47.8 Å². The first-order valence-electron chi connectivity index (χ1n) is 8.21. The summed E-state index contributed by atoms with van der Waals surface area (Å²) in [6.45, 7) is 3.89. The second kappa shape index (κ2) is 5.27. The number of carbonyl (C=O) groups is 1. The van der Waals surface area contributed by atoms with Crippen LogP contribution in [0.2, 0.25) is 0 Å². The van der Waals surface area contributed by atoms with E-state index in [0.717, 1.165) is 24.4 Å². The van der Waals surface area contributed by atoms with Crippen molar-refractivity contribution in [3.63, 3.8) is 0 Å². The van der Waals surface area contributed by atoms with Gasteiger partial charge in [0.25, 0.3) is 5.69 Å². The third-order valence-corrected chi connectivity index (χ3v) is 5.05. The molecule has 0 radical (unpaired) electrons. The van der Waals surface area contributed by atoms with Crippen LogP contribution in [0, 0.1) is 15.5 Å². The highest BCUT2D eigenvalue weighted by Gasteiger charge is 2.43. The summed E-state index contributed by atoms with van der Waals surface area (Å²) in [6.07, 6.45) is 3.21. The van der Waals surface area contributed by atoms with E-state index in [2.05, 4.69) is 10.4 Å². The summed E-state index contributed by atoms with van der Waals surface area (Å²) in [4.78, 5) is 23.9. The predicted octanol–water partition coefficient (Wildman–Crippen LogP) is 3.45. The number of fused-ring (bicyclic) bond motifs is 1. The minimum Gasteiger partial charge on any atom is -0.343 e. The van der Waals surface area contributed by atoms with Gasteiger partial charge in [-0.3, -0.25) is 14.9 Å². The van der Waals surface area contributed by atoms with Crippen LogP contribution < -0.4 is 5.32 Å². The van der Waals surface area contributed by atoms with E-state index in [0.29, 0.717) is 11.1 Å². The van der Waals surface area contributed by atoms with Gasteiger partial charge in [-0.2, -0.15) is 5.10 Å². The number of hydrogen-bond acceptors (Lipinski definition) is 5. The van der Waals surface area contributed by atoms with Gasteiger partial charge in [-0.15, -0.1) is 0 Å². The maximum Gasteiger partial charge on any atom is 0.269 e. The van der Waals surface area contributed by atoms with Crippen molar-refractivity contribution in [1.29, 1.82) is 0 Å². The largest absolute Gasteiger partial charge is 0.343 e. The molecule has 1 atom stereocenters. The third-order valence-electron chi connectivity index (χ3n) is 5.05. The van der Waals surface area contributed by atoms with Crippen molar-refractivity contribution in [2.45, 2.75) is 32.7 Å². The average molecular weight is 338 g/mol. The van der Waals surface area contributed by atoms with Crippen LogP contribution in [0.1, 0.15) is 38.3 Å². The third kappa shape index (κ3) is 2.34. The lowest BCUT2D eigenvalue weighted by Crippen LogP contribution is -2.39. The summed E-state index contributed by atoms with van der Waals surface area (Å²) < 4.78 is 1.73. The van der Waals surface area contributed by atoms with Crippen LogP contribution in [-0.2, 0) is 4.79 Å². The highest BCUT2D eigenvalue weighted by atomic mass is 16.6. The van der Waals surface area contributed by atoms with Gasteiger partial charge >= 0.3 is 0 Å². The van der Waals surface area contributed by atoms with Crippen molar-refractivity contribution in [2.75, 3.05) is 5.32 Å². The molecule has 0 fully saturated rings. The maximum atomic E-state index is 13.1. The minimum absolute atomic E-state index is 0.00871. The lowest BCUT2D eigenvalue weighted by molar-refractivity contribution is -0.384. The molecule has 7 nitrogen and oxygen atoms in total. The molecule has 25 heavy (non-hydrogen) atoms. The van der Waals surface area contributed by atoms with Crippen molar-refractivity contribution < 1.29 is 9.72 Å². The van der Waals surface area contributed by atoms with Gasteiger partial charge in [0.15, 0.2) is 5.78 Å². The Morgan fingerprint density at radius 2 is 2.16 bits per heavy atom. The Hall–Kier alpha value is -2.96. The summed E-state index contributed by atoms with van der Waals surface area (Å²) >= 11 is 0. The summed E-state index contributed by atoms with van der Waals surface area (Å²) in [6, 6.07) is 7.84. The molecule has 2 aromatic rings. The van der Waals surface area contributed by atoms with Gasteiger partial charge in [0.2, 0.25) is 0 Å². The maximum absolute atomic E-state index is 13.1. The molecule has 2 heterocycles. The zero-order chi connectivity index (χ0) is 17.8. The lowest BCUT2D eigenvalue weighted by atomic mass is 9.71. The zero-order valence-corrected chi connectivity index (χ0v) is 14.0. The van der Waals surface area contributed by atoms with Crippen molar-refractivity contribution in [1.82, 2.24) is 9.78 Å². The van der Waals surface area contributed by atoms with E-state index in [9.17, 15) is 14.9 Å². The number of allylic oxidation sites excluding steroid dienone is 2. The van der Waals surface area contributed by atoms with E-state index in [1.54, 1.807) is 16.9 Å². The number of non-ortho nitro benzene ring substituents is 1. The monoisotopic (exact) mass is 338 g/mol. The van der Waals surface area contributed by atoms with Gasteiger partial charge in [-0.1, -0.05) is 26.0 Å². The molecule has 1 unspecified atom stereocenters. The van der Waals surface area contributed by atoms with Crippen LogP contribution in [0.25, 0.3) is 0 Å². The molecule has 0 saturated carbocycles. The number of carbonyl (C=O) groups excluding carboxylic acids is 1. The van der Waals surface area contributed by atoms with E-state index in [1.807, 2.05) is 26.0 Å². The quantitative estimate of drug-likeness (QED) is 0.669. The molecule has 1 aliphatic heterocycles. The molecule has 1 aliphatic carbocycles. The molecular weight excluding hydrogens is 320 g/mol. The molecule has 1 N–H and O–H groups in total. The number of benzene rings is 1. The van der Waals surface area contributed by atoms with Crippen molar-refractivity contribution in [2.24, 2.45) is 5.41 Å². The topological polar surface area (TPSA) is 90.1 Å². The molecule has 0 saturated heterocycles. The van der Waals surface area contributed by atoms with Gasteiger partial charge in [-0.25, -0.2) is 4.68 Å². The Balaban J connectivity index is 1.92. The Kier molecular flexibility index (Phi) is 3.28. The van der Waals surface area contributed by atoms with Crippen molar-refractivity contribution >= 4 is 17.3 Å². The number of anilines is 1. The van der Waals surface area contributed by atoms with E-state index in [4.69, 9.17) is 0 Å². The number of Topliss-reactive ketones (excluding diaryl/α,β-unsaturated/α-hetero) is 1. The summed E-state index contributed by atoms with van der Waals surface area (Å²) in [5, 5.41) is 18.8. The second-order valence-corrected chi connectivity index (χ2v) is 7.15. The van der Waals surface area contributed by atoms with E-state index in [1.165, 1.54) is 12.1 Å². The predicted molar refractivity (Wildman–Crippen MR) is 92.1 cm³/mol. The van der Waals surface area contributed by atoms with Crippen LogP contribution >= 0.6 is 0 Å².